The summed E-state index contributed by atoms with van der Waals surface area (Å²) in [5.41, 5.74) is 12.4. The van der Waals surface area contributed by atoms with Crippen LogP contribution >= 0.6 is 0 Å². The van der Waals surface area contributed by atoms with Crippen LogP contribution in [0.3, 0.4) is 0 Å². The van der Waals surface area contributed by atoms with Gasteiger partial charge in [0.05, 0.1) is 10.6 Å². The monoisotopic (exact) mass is 305 g/mol. The molecule has 1 amide bonds. The van der Waals surface area contributed by atoms with Crippen LogP contribution in [0.2, 0.25) is 0 Å². The zero-order chi connectivity index (χ0) is 15.6. The minimum Gasteiger partial charge on any atom is -0.399 e. The average Bonchev–Trinajstić information content (AvgIpc) is 2.38. The minimum absolute atomic E-state index is 0.0377. The van der Waals surface area contributed by atoms with E-state index in [2.05, 4.69) is 4.72 Å². The summed E-state index contributed by atoms with van der Waals surface area (Å²) >= 11 is 0. The lowest BCUT2D eigenvalue weighted by molar-refractivity contribution is 0.0999. The molecule has 0 radical (unpaired) electrons. The molecule has 0 unspecified atom stereocenters. The van der Waals surface area contributed by atoms with Crippen molar-refractivity contribution in [1.29, 1.82) is 0 Å². The highest BCUT2D eigenvalue weighted by Crippen LogP contribution is 2.20. The number of amides is 1. The van der Waals surface area contributed by atoms with Crippen molar-refractivity contribution in [3.05, 3.63) is 53.6 Å². The first-order valence-corrected chi connectivity index (χ1v) is 7.57. The summed E-state index contributed by atoms with van der Waals surface area (Å²) < 4.78 is 27.0. The first-order chi connectivity index (χ1) is 9.79. The van der Waals surface area contributed by atoms with Crippen LogP contribution in [-0.4, -0.2) is 14.3 Å². The van der Waals surface area contributed by atoms with Crippen molar-refractivity contribution in [2.24, 2.45) is 5.73 Å². The van der Waals surface area contributed by atoms with Gasteiger partial charge in [-0.15, -0.1) is 0 Å². The zero-order valence-corrected chi connectivity index (χ0v) is 12.1. The molecule has 0 saturated carbocycles. The molecule has 110 valence electrons. The summed E-state index contributed by atoms with van der Waals surface area (Å²) in [6, 6.07) is 10.6. The van der Waals surface area contributed by atoms with Gasteiger partial charge in [0.15, 0.2) is 0 Å². The second-order valence-corrected chi connectivity index (χ2v) is 6.25. The van der Waals surface area contributed by atoms with Gasteiger partial charge in [-0.1, -0.05) is 12.1 Å². The Morgan fingerprint density at radius 3 is 2.48 bits per heavy atom. The Hall–Kier alpha value is -2.54. The van der Waals surface area contributed by atoms with Crippen LogP contribution in [-0.2, 0) is 10.0 Å². The van der Waals surface area contributed by atoms with Gasteiger partial charge in [-0.2, -0.15) is 0 Å². The molecule has 0 spiro atoms. The summed E-state index contributed by atoms with van der Waals surface area (Å²) in [5.74, 6) is -0.673. The summed E-state index contributed by atoms with van der Waals surface area (Å²) in [5, 5.41) is 0. The van der Waals surface area contributed by atoms with Crippen molar-refractivity contribution in [3.63, 3.8) is 0 Å². The number of anilines is 2. The fourth-order valence-corrected chi connectivity index (χ4v) is 2.93. The molecular weight excluding hydrogens is 290 g/mol. The van der Waals surface area contributed by atoms with Crippen LogP contribution in [0, 0.1) is 6.92 Å². The van der Waals surface area contributed by atoms with Crippen LogP contribution in [0.5, 0.6) is 0 Å². The lowest BCUT2D eigenvalue weighted by Crippen LogP contribution is -2.17. The van der Waals surface area contributed by atoms with Gasteiger partial charge >= 0.3 is 0 Å². The van der Waals surface area contributed by atoms with Crippen molar-refractivity contribution in [2.45, 2.75) is 11.8 Å². The van der Waals surface area contributed by atoms with Crippen LogP contribution in [0.25, 0.3) is 0 Å². The molecule has 0 bridgehead atoms. The standard InChI is InChI=1S/C14H15N3O3S/c1-9-5-6-12(8-13(9)14(16)18)21(19,20)17-11-4-2-3-10(15)7-11/h2-8,17H,15H2,1H3,(H2,16,18). The molecule has 7 heteroatoms. The van der Waals surface area contributed by atoms with E-state index in [-0.39, 0.29) is 10.5 Å². The number of nitrogens with one attached hydrogen (secondary N) is 1. The van der Waals surface area contributed by atoms with E-state index in [0.29, 0.717) is 16.9 Å². The lowest BCUT2D eigenvalue weighted by Gasteiger charge is -2.10. The third-order valence-electron chi connectivity index (χ3n) is 2.92. The van der Waals surface area contributed by atoms with Gasteiger partial charge in [0.1, 0.15) is 0 Å². The molecule has 0 fully saturated rings. The predicted octanol–water partition coefficient (Wildman–Crippen LogP) is 1.48. The second kappa shape index (κ2) is 5.45. The van der Waals surface area contributed by atoms with Gasteiger partial charge in [-0.05, 0) is 42.8 Å². The summed E-state index contributed by atoms with van der Waals surface area (Å²) in [4.78, 5) is 11.3. The molecule has 0 saturated heterocycles. The maximum absolute atomic E-state index is 12.3. The number of carbonyl (C=O) groups is 1. The number of primary amides is 1. The van der Waals surface area contributed by atoms with Crippen molar-refractivity contribution in [2.75, 3.05) is 10.5 Å². The first kappa shape index (κ1) is 14.9. The maximum Gasteiger partial charge on any atom is 0.261 e. The van der Waals surface area contributed by atoms with Gasteiger partial charge in [0.2, 0.25) is 5.91 Å². The molecule has 2 rings (SSSR count). The highest BCUT2D eigenvalue weighted by molar-refractivity contribution is 7.92. The van der Waals surface area contributed by atoms with Gasteiger partial charge in [-0.25, -0.2) is 8.42 Å². The van der Waals surface area contributed by atoms with Crippen molar-refractivity contribution >= 4 is 27.3 Å². The van der Waals surface area contributed by atoms with Crippen LogP contribution in [0.4, 0.5) is 11.4 Å². The molecule has 6 nitrogen and oxygen atoms in total. The Bertz CT molecular complexity index is 801. The van der Waals surface area contributed by atoms with E-state index in [1.54, 1.807) is 25.1 Å². The molecular formula is C14H15N3O3S. The molecule has 0 aliphatic carbocycles. The number of hydrogen-bond donors (Lipinski definition) is 3. The van der Waals surface area contributed by atoms with Gasteiger partial charge in [0, 0.05) is 11.3 Å². The van der Waals surface area contributed by atoms with E-state index < -0.39 is 15.9 Å². The Kier molecular flexibility index (Phi) is 3.86. The Morgan fingerprint density at radius 1 is 1.14 bits per heavy atom. The first-order valence-electron chi connectivity index (χ1n) is 6.08. The number of aryl methyl sites for hydroxylation is 1. The molecule has 0 aromatic heterocycles. The molecule has 5 N–H and O–H groups in total. The lowest BCUT2D eigenvalue weighted by atomic mass is 10.1. The van der Waals surface area contributed by atoms with Gasteiger partial charge in [-0.3, -0.25) is 9.52 Å². The molecule has 0 atom stereocenters. The van der Waals surface area contributed by atoms with Gasteiger partial charge in [0.25, 0.3) is 10.0 Å². The van der Waals surface area contributed by atoms with E-state index in [1.807, 2.05) is 0 Å². The smallest absolute Gasteiger partial charge is 0.261 e. The largest absolute Gasteiger partial charge is 0.399 e. The minimum atomic E-state index is -3.82. The highest BCUT2D eigenvalue weighted by Gasteiger charge is 2.17. The number of nitrogens with two attached hydrogens (primary N) is 2. The number of hydrogen-bond acceptors (Lipinski definition) is 4. The molecule has 0 aliphatic heterocycles. The molecule has 0 aliphatic rings. The zero-order valence-electron chi connectivity index (χ0n) is 11.3. The van der Waals surface area contributed by atoms with Crippen LogP contribution in [0.1, 0.15) is 15.9 Å². The normalized spacial score (nSPS) is 11.1. The van der Waals surface area contributed by atoms with E-state index in [0.717, 1.165) is 0 Å². The summed E-state index contributed by atoms with van der Waals surface area (Å²) in [7, 11) is -3.82. The fourth-order valence-electron chi connectivity index (χ4n) is 1.85. The third-order valence-corrected chi connectivity index (χ3v) is 4.30. The number of benzene rings is 2. The Balaban J connectivity index is 2.40. The van der Waals surface area contributed by atoms with Crippen molar-refractivity contribution in [3.8, 4) is 0 Å². The number of sulfonamides is 1. The third kappa shape index (κ3) is 3.32. The Morgan fingerprint density at radius 2 is 1.86 bits per heavy atom. The van der Waals surface area contributed by atoms with E-state index >= 15 is 0 Å². The molecule has 2 aromatic carbocycles. The molecule has 21 heavy (non-hydrogen) atoms. The quantitative estimate of drug-likeness (QED) is 0.742. The van der Waals surface area contributed by atoms with E-state index in [9.17, 15) is 13.2 Å². The SMILES string of the molecule is Cc1ccc(S(=O)(=O)Nc2cccc(N)c2)cc1C(N)=O. The molecule has 2 aromatic rings. The van der Waals surface area contributed by atoms with Crippen LogP contribution < -0.4 is 16.2 Å². The fraction of sp³-hybridized carbons (Fsp3) is 0.0714. The van der Waals surface area contributed by atoms with Crippen LogP contribution in [0.15, 0.2) is 47.4 Å². The second-order valence-electron chi connectivity index (χ2n) is 4.57. The number of carbonyl (C=O) groups excluding carboxylic acids is 1. The predicted molar refractivity (Wildman–Crippen MR) is 81.4 cm³/mol. The summed E-state index contributed by atoms with van der Waals surface area (Å²) in [6.45, 7) is 1.68. The van der Waals surface area contributed by atoms with Crippen molar-refractivity contribution < 1.29 is 13.2 Å². The maximum atomic E-state index is 12.3. The van der Waals surface area contributed by atoms with E-state index in [4.69, 9.17) is 11.5 Å². The number of rotatable bonds is 4. The van der Waals surface area contributed by atoms with E-state index in [1.165, 1.54) is 24.3 Å². The highest BCUT2D eigenvalue weighted by atomic mass is 32.2. The Labute approximate surface area is 122 Å². The number of nitrogen functional groups attached to an aromatic ring is 1. The van der Waals surface area contributed by atoms with Gasteiger partial charge < -0.3 is 11.5 Å². The molecule has 0 heterocycles. The van der Waals surface area contributed by atoms with Crippen molar-refractivity contribution in [1.82, 2.24) is 0 Å². The topological polar surface area (TPSA) is 115 Å². The summed E-state index contributed by atoms with van der Waals surface area (Å²) in [6.07, 6.45) is 0. The average molecular weight is 305 g/mol.